The van der Waals surface area contributed by atoms with Crippen molar-refractivity contribution in [3.05, 3.63) is 90.0 Å². The Bertz CT molecular complexity index is 1410. The summed E-state index contributed by atoms with van der Waals surface area (Å²) in [7, 11) is 0. The van der Waals surface area contributed by atoms with Crippen LogP contribution < -0.4 is 14.8 Å². The van der Waals surface area contributed by atoms with E-state index in [2.05, 4.69) is 23.2 Å². The average molecular weight is 511 g/mol. The third kappa shape index (κ3) is 5.98. The summed E-state index contributed by atoms with van der Waals surface area (Å²) in [6, 6.07) is 25.6. The molecule has 0 spiro atoms. The van der Waals surface area contributed by atoms with Gasteiger partial charge in [-0.2, -0.15) is 0 Å². The molecule has 196 valence electrons. The lowest BCUT2D eigenvalue weighted by molar-refractivity contribution is 0.0323. The number of carbonyl (C=O) groups excluding carboxylic acids is 1. The molecule has 6 heteroatoms. The van der Waals surface area contributed by atoms with E-state index in [0.29, 0.717) is 18.8 Å². The Hall–Kier alpha value is -3.87. The van der Waals surface area contributed by atoms with Gasteiger partial charge in [0.2, 0.25) is 0 Å². The zero-order chi connectivity index (χ0) is 26.3. The molecule has 0 radical (unpaired) electrons. The van der Waals surface area contributed by atoms with Gasteiger partial charge in [-0.1, -0.05) is 48.0 Å². The first-order valence-electron chi connectivity index (χ1n) is 13.2. The Morgan fingerprint density at radius 1 is 0.895 bits per heavy atom. The van der Waals surface area contributed by atoms with E-state index in [-0.39, 0.29) is 5.91 Å². The summed E-state index contributed by atoms with van der Waals surface area (Å²) in [5, 5.41) is 5.04. The molecule has 4 aromatic rings. The third-order valence-electron chi connectivity index (χ3n) is 6.77. The van der Waals surface area contributed by atoms with Crippen molar-refractivity contribution in [1.82, 2.24) is 4.90 Å². The SMILES string of the molecule is CCOc1ccc(C)cc1-c1cccc(C(=O)Nc2ccc(OCCN3CCOCC3)c3ccccc23)c1. The molecule has 0 aliphatic carbocycles. The molecule has 0 aromatic heterocycles. The number of anilines is 1. The van der Waals surface area contributed by atoms with E-state index in [0.717, 1.165) is 77.5 Å². The second-order valence-corrected chi connectivity index (χ2v) is 9.43. The van der Waals surface area contributed by atoms with Gasteiger partial charge in [0.05, 0.1) is 19.8 Å². The van der Waals surface area contributed by atoms with Crippen molar-refractivity contribution in [2.45, 2.75) is 13.8 Å². The molecule has 1 saturated heterocycles. The lowest BCUT2D eigenvalue weighted by Gasteiger charge is -2.26. The van der Waals surface area contributed by atoms with Gasteiger partial charge in [0.1, 0.15) is 18.1 Å². The van der Waals surface area contributed by atoms with Gasteiger partial charge in [0, 0.05) is 47.2 Å². The number of carbonyl (C=O) groups is 1. The molecule has 1 aliphatic rings. The van der Waals surface area contributed by atoms with E-state index in [4.69, 9.17) is 14.2 Å². The molecular formula is C32H34N2O4. The Balaban J connectivity index is 1.34. The van der Waals surface area contributed by atoms with Gasteiger partial charge in [0.15, 0.2) is 0 Å². The predicted molar refractivity (Wildman–Crippen MR) is 152 cm³/mol. The highest BCUT2D eigenvalue weighted by atomic mass is 16.5. The highest BCUT2D eigenvalue weighted by Gasteiger charge is 2.15. The summed E-state index contributed by atoms with van der Waals surface area (Å²) >= 11 is 0. The summed E-state index contributed by atoms with van der Waals surface area (Å²) in [6.07, 6.45) is 0. The minimum absolute atomic E-state index is 0.163. The molecule has 0 bridgehead atoms. The maximum Gasteiger partial charge on any atom is 0.255 e. The van der Waals surface area contributed by atoms with Gasteiger partial charge in [0.25, 0.3) is 5.91 Å². The van der Waals surface area contributed by atoms with Crippen LogP contribution in [0.1, 0.15) is 22.8 Å². The molecular weight excluding hydrogens is 476 g/mol. The summed E-state index contributed by atoms with van der Waals surface area (Å²) < 4.78 is 17.4. The first-order chi connectivity index (χ1) is 18.6. The maximum atomic E-state index is 13.4. The first kappa shape index (κ1) is 25.8. The van der Waals surface area contributed by atoms with Crippen LogP contribution in [0.2, 0.25) is 0 Å². The minimum atomic E-state index is -0.163. The van der Waals surface area contributed by atoms with E-state index >= 15 is 0 Å². The summed E-state index contributed by atoms with van der Waals surface area (Å²) in [4.78, 5) is 15.7. The predicted octanol–water partition coefficient (Wildman–Crippen LogP) is 6.18. The Morgan fingerprint density at radius 2 is 1.68 bits per heavy atom. The summed E-state index contributed by atoms with van der Waals surface area (Å²) in [5.74, 6) is 1.46. The van der Waals surface area contributed by atoms with Gasteiger partial charge >= 0.3 is 0 Å². The maximum absolute atomic E-state index is 13.4. The molecule has 38 heavy (non-hydrogen) atoms. The largest absolute Gasteiger partial charge is 0.493 e. The molecule has 1 N–H and O–H groups in total. The van der Waals surface area contributed by atoms with Crippen LogP contribution in [-0.2, 0) is 4.74 Å². The minimum Gasteiger partial charge on any atom is -0.493 e. The van der Waals surface area contributed by atoms with Crippen LogP contribution in [0, 0.1) is 6.92 Å². The quantitative estimate of drug-likeness (QED) is 0.292. The lowest BCUT2D eigenvalue weighted by atomic mass is 10.00. The number of hydrogen-bond acceptors (Lipinski definition) is 5. The number of amides is 1. The molecule has 1 aliphatic heterocycles. The molecule has 0 atom stereocenters. The van der Waals surface area contributed by atoms with E-state index in [1.54, 1.807) is 0 Å². The van der Waals surface area contributed by atoms with Crippen molar-refractivity contribution in [1.29, 1.82) is 0 Å². The topological polar surface area (TPSA) is 60.0 Å². The Morgan fingerprint density at radius 3 is 2.50 bits per heavy atom. The Kier molecular flexibility index (Phi) is 8.22. The van der Waals surface area contributed by atoms with Crippen molar-refractivity contribution in [2.75, 3.05) is 51.4 Å². The number of nitrogens with zero attached hydrogens (tertiary/aromatic N) is 1. The van der Waals surface area contributed by atoms with Crippen molar-refractivity contribution in [2.24, 2.45) is 0 Å². The van der Waals surface area contributed by atoms with Gasteiger partial charge in [-0.05, 0) is 55.8 Å². The smallest absolute Gasteiger partial charge is 0.255 e. The number of aryl methyl sites for hydroxylation is 1. The number of hydrogen-bond donors (Lipinski definition) is 1. The highest BCUT2D eigenvalue weighted by Crippen LogP contribution is 2.34. The number of fused-ring (bicyclic) bond motifs is 1. The second kappa shape index (κ2) is 12.1. The fourth-order valence-corrected chi connectivity index (χ4v) is 4.79. The van der Waals surface area contributed by atoms with Crippen LogP contribution in [0.5, 0.6) is 11.5 Å². The molecule has 0 unspecified atom stereocenters. The third-order valence-corrected chi connectivity index (χ3v) is 6.77. The van der Waals surface area contributed by atoms with Crippen LogP contribution in [-0.4, -0.2) is 56.9 Å². The average Bonchev–Trinajstić information content (AvgIpc) is 2.96. The summed E-state index contributed by atoms with van der Waals surface area (Å²) in [6.45, 7) is 9.49. The molecule has 5 rings (SSSR count). The number of morpholine rings is 1. The van der Waals surface area contributed by atoms with E-state index in [9.17, 15) is 4.79 Å². The van der Waals surface area contributed by atoms with Gasteiger partial charge in [-0.15, -0.1) is 0 Å². The normalized spacial score (nSPS) is 13.8. The summed E-state index contributed by atoms with van der Waals surface area (Å²) in [5.41, 5.74) is 4.39. The van der Waals surface area contributed by atoms with Crippen LogP contribution >= 0.6 is 0 Å². The number of ether oxygens (including phenoxy) is 3. The second-order valence-electron chi connectivity index (χ2n) is 9.43. The Labute approximate surface area is 224 Å². The van der Waals surface area contributed by atoms with E-state index in [1.807, 2.05) is 79.7 Å². The molecule has 1 amide bonds. The van der Waals surface area contributed by atoms with E-state index in [1.165, 1.54) is 0 Å². The molecule has 1 heterocycles. The van der Waals surface area contributed by atoms with Crippen molar-refractivity contribution < 1.29 is 19.0 Å². The number of benzene rings is 4. The van der Waals surface area contributed by atoms with Crippen LogP contribution in [0.3, 0.4) is 0 Å². The fraction of sp³-hybridized carbons (Fsp3) is 0.281. The van der Waals surface area contributed by atoms with E-state index < -0.39 is 0 Å². The van der Waals surface area contributed by atoms with Crippen LogP contribution in [0.15, 0.2) is 78.9 Å². The fourth-order valence-electron chi connectivity index (χ4n) is 4.79. The number of rotatable bonds is 9. The van der Waals surface area contributed by atoms with Gasteiger partial charge in [-0.25, -0.2) is 0 Å². The number of nitrogens with one attached hydrogen (secondary N) is 1. The molecule has 6 nitrogen and oxygen atoms in total. The van der Waals surface area contributed by atoms with Gasteiger partial charge in [-0.3, -0.25) is 9.69 Å². The monoisotopic (exact) mass is 510 g/mol. The standard InChI is InChI=1S/C32H34N2O4/c1-3-37-31-13-11-23(2)21-28(31)24-7-6-8-25(22-24)32(35)33-29-12-14-30(27-10-5-4-9-26(27)29)38-20-17-34-15-18-36-19-16-34/h4-14,21-22H,3,15-20H2,1-2H3,(H,33,35). The highest BCUT2D eigenvalue weighted by molar-refractivity contribution is 6.10. The van der Waals surface area contributed by atoms with Crippen LogP contribution in [0.25, 0.3) is 21.9 Å². The van der Waals surface area contributed by atoms with Crippen molar-refractivity contribution in [3.63, 3.8) is 0 Å². The lowest BCUT2D eigenvalue weighted by Crippen LogP contribution is -2.38. The molecule has 1 fully saturated rings. The zero-order valence-corrected chi connectivity index (χ0v) is 22.0. The van der Waals surface area contributed by atoms with Gasteiger partial charge < -0.3 is 19.5 Å². The van der Waals surface area contributed by atoms with Crippen molar-refractivity contribution >= 4 is 22.4 Å². The van der Waals surface area contributed by atoms with Crippen LogP contribution in [0.4, 0.5) is 5.69 Å². The van der Waals surface area contributed by atoms with Crippen molar-refractivity contribution in [3.8, 4) is 22.6 Å². The zero-order valence-electron chi connectivity index (χ0n) is 22.0. The molecule has 0 saturated carbocycles. The molecule has 4 aromatic carbocycles. The first-order valence-corrected chi connectivity index (χ1v) is 13.2.